The van der Waals surface area contributed by atoms with Crippen molar-refractivity contribution in [2.24, 2.45) is 5.41 Å². The molecule has 0 bridgehead atoms. The molecule has 0 amide bonds. The third kappa shape index (κ3) is 4.12. The van der Waals surface area contributed by atoms with Crippen molar-refractivity contribution in [3.8, 4) is 0 Å². The van der Waals surface area contributed by atoms with Crippen molar-refractivity contribution < 1.29 is 4.79 Å². The fourth-order valence-corrected chi connectivity index (χ4v) is 0.553. The smallest absolute Gasteiger partial charge is 0.160 e. The quantitative estimate of drug-likeness (QED) is 0.455. The van der Waals surface area contributed by atoms with Crippen LogP contribution in [0.5, 0.6) is 0 Å². The Morgan fingerprint density at radius 3 is 2.00 bits per heavy atom. The molecule has 0 aromatic rings. The van der Waals surface area contributed by atoms with E-state index in [1.165, 1.54) is 0 Å². The first-order valence-electron chi connectivity index (χ1n) is 4.23. The normalized spacial score (nSPS) is 13.9. The van der Waals surface area contributed by atoms with E-state index in [9.17, 15) is 4.79 Å². The Balaban J connectivity index is 4.29. The van der Waals surface area contributed by atoms with Gasteiger partial charge in [-0.05, 0) is 19.9 Å². The van der Waals surface area contributed by atoms with Gasteiger partial charge in [0.05, 0.1) is 0 Å². The van der Waals surface area contributed by atoms with Gasteiger partial charge in [0.2, 0.25) is 0 Å². The number of carbonyl (C=O) groups is 1. The number of allylic oxidation sites excluding steroid dienone is 4. The van der Waals surface area contributed by atoms with Crippen molar-refractivity contribution in [3.05, 3.63) is 23.8 Å². The van der Waals surface area contributed by atoms with Crippen LogP contribution in [0.3, 0.4) is 0 Å². The fourth-order valence-electron chi connectivity index (χ4n) is 0.553. The maximum absolute atomic E-state index is 11.4. The van der Waals surface area contributed by atoms with Gasteiger partial charge < -0.3 is 0 Å². The molecular weight excluding hydrogens is 148 g/mol. The van der Waals surface area contributed by atoms with E-state index in [1.807, 2.05) is 46.8 Å². The molecule has 0 radical (unpaired) electrons. The van der Waals surface area contributed by atoms with Crippen LogP contribution in [0, 0.1) is 5.41 Å². The third-order valence-corrected chi connectivity index (χ3v) is 1.69. The molecule has 0 spiro atoms. The van der Waals surface area contributed by atoms with Gasteiger partial charge in [-0.15, -0.1) is 0 Å². The Labute approximate surface area is 75.2 Å². The summed E-state index contributed by atoms with van der Waals surface area (Å²) >= 11 is 0. The Hall–Kier alpha value is -0.850. The molecule has 0 aliphatic carbocycles. The summed E-state index contributed by atoms with van der Waals surface area (Å²) in [4.78, 5) is 11.4. The van der Waals surface area contributed by atoms with Crippen molar-refractivity contribution >= 4 is 5.78 Å². The lowest BCUT2D eigenvalue weighted by molar-refractivity contribution is -0.121. The van der Waals surface area contributed by atoms with Crippen LogP contribution in [0.2, 0.25) is 0 Å². The first-order valence-corrected chi connectivity index (χ1v) is 4.23. The first-order chi connectivity index (χ1) is 5.38. The summed E-state index contributed by atoms with van der Waals surface area (Å²) in [5, 5.41) is 0. The van der Waals surface area contributed by atoms with Crippen LogP contribution in [-0.2, 0) is 4.79 Å². The predicted octanol–water partition coefficient (Wildman–Crippen LogP) is 3.12. The van der Waals surface area contributed by atoms with Crippen LogP contribution < -0.4 is 0 Å². The Morgan fingerprint density at radius 1 is 1.17 bits per heavy atom. The summed E-state index contributed by atoms with van der Waals surface area (Å²) in [6.45, 7) is 9.70. The van der Waals surface area contributed by atoms with E-state index < -0.39 is 0 Å². The van der Waals surface area contributed by atoms with E-state index >= 15 is 0 Å². The molecule has 0 aromatic heterocycles. The second-order valence-electron chi connectivity index (χ2n) is 3.98. The van der Waals surface area contributed by atoms with Gasteiger partial charge in [0, 0.05) is 5.41 Å². The highest BCUT2D eigenvalue weighted by Gasteiger charge is 2.17. The minimum atomic E-state index is -0.259. The van der Waals surface area contributed by atoms with Gasteiger partial charge in [-0.3, -0.25) is 4.79 Å². The second-order valence-corrected chi connectivity index (χ2v) is 3.98. The maximum Gasteiger partial charge on any atom is 0.160 e. The lowest BCUT2D eigenvalue weighted by Gasteiger charge is -2.12. The molecule has 0 atom stereocenters. The van der Waals surface area contributed by atoms with E-state index in [0.29, 0.717) is 0 Å². The average molecular weight is 166 g/mol. The van der Waals surface area contributed by atoms with Crippen LogP contribution in [0.15, 0.2) is 23.8 Å². The number of hydrogen-bond donors (Lipinski definition) is 0. The molecule has 0 unspecified atom stereocenters. The van der Waals surface area contributed by atoms with Gasteiger partial charge in [0.1, 0.15) is 0 Å². The number of ketones is 1. The van der Waals surface area contributed by atoms with Gasteiger partial charge in [-0.1, -0.05) is 38.5 Å². The minimum absolute atomic E-state index is 0.170. The monoisotopic (exact) mass is 166 g/mol. The van der Waals surface area contributed by atoms with Crippen molar-refractivity contribution in [1.82, 2.24) is 0 Å². The Bertz CT molecular complexity index is 214. The summed E-state index contributed by atoms with van der Waals surface area (Å²) in [7, 11) is 0. The van der Waals surface area contributed by atoms with Gasteiger partial charge in [-0.25, -0.2) is 0 Å². The van der Waals surface area contributed by atoms with E-state index in [-0.39, 0.29) is 11.2 Å². The van der Waals surface area contributed by atoms with Crippen LogP contribution >= 0.6 is 0 Å². The summed E-state index contributed by atoms with van der Waals surface area (Å²) in [5.74, 6) is 0.170. The van der Waals surface area contributed by atoms with E-state index in [1.54, 1.807) is 6.08 Å². The molecule has 1 nitrogen and oxygen atoms in total. The lowest BCUT2D eigenvalue weighted by Crippen LogP contribution is -2.17. The zero-order chi connectivity index (χ0) is 9.78. The van der Waals surface area contributed by atoms with Crippen molar-refractivity contribution in [1.29, 1.82) is 0 Å². The standard InChI is InChI=1S/C11H18O/c1-6-9(2)7-8-10(12)11(3,4)5/h6-8H,1-5H3/b8-7+,9-6+. The molecule has 0 saturated carbocycles. The topological polar surface area (TPSA) is 17.1 Å². The second kappa shape index (κ2) is 4.24. The third-order valence-electron chi connectivity index (χ3n) is 1.69. The summed E-state index contributed by atoms with van der Waals surface area (Å²) in [6, 6.07) is 0. The lowest BCUT2D eigenvalue weighted by atomic mass is 9.90. The van der Waals surface area contributed by atoms with E-state index in [2.05, 4.69) is 0 Å². The summed E-state index contributed by atoms with van der Waals surface area (Å²) in [5.41, 5.74) is 0.859. The number of carbonyl (C=O) groups excluding carboxylic acids is 1. The molecule has 0 fully saturated rings. The molecule has 0 N–H and O–H groups in total. The molecule has 0 rings (SSSR count). The highest BCUT2D eigenvalue weighted by atomic mass is 16.1. The average Bonchev–Trinajstić information content (AvgIpc) is 1.97. The summed E-state index contributed by atoms with van der Waals surface area (Å²) in [6.07, 6.45) is 5.48. The molecule has 0 aliphatic heterocycles. The van der Waals surface area contributed by atoms with E-state index in [4.69, 9.17) is 0 Å². The molecule has 0 aromatic carbocycles. The number of hydrogen-bond acceptors (Lipinski definition) is 1. The molecule has 68 valence electrons. The van der Waals surface area contributed by atoms with Crippen molar-refractivity contribution in [2.75, 3.05) is 0 Å². The first kappa shape index (κ1) is 11.2. The molecule has 1 heteroatoms. The molecule has 12 heavy (non-hydrogen) atoms. The summed E-state index contributed by atoms with van der Waals surface area (Å²) < 4.78 is 0. The highest BCUT2D eigenvalue weighted by Crippen LogP contribution is 2.15. The Morgan fingerprint density at radius 2 is 1.67 bits per heavy atom. The highest BCUT2D eigenvalue weighted by molar-refractivity contribution is 5.94. The van der Waals surface area contributed by atoms with Gasteiger partial charge >= 0.3 is 0 Å². The zero-order valence-electron chi connectivity index (χ0n) is 8.64. The molecule has 0 aliphatic rings. The van der Waals surface area contributed by atoms with E-state index in [0.717, 1.165) is 5.57 Å². The van der Waals surface area contributed by atoms with Crippen LogP contribution in [0.4, 0.5) is 0 Å². The van der Waals surface area contributed by atoms with Crippen LogP contribution in [0.25, 0.3) is 0 Å². The zero-order valence-corrected chi connectivity index (χ0v) is 8.64. The maximum atomic E-state index is 11.4. The largest absolute Gasteiger partial charge is 0.294 e. The predicted molar refractivity (Wildman–Crippen MR) is 53.0 cm³/mol. The van der Waals surface area contributed by atoms with Crippen LogP contribution in [-0.4, -0.2) is 5.78 Å². The van der Waals surface area contributed by atoms with Gasteiger partial charge in [0.25, 0.3) is 0 Å². The molecule has 0 saturated heterocycles. The molecule has 0 heterocycles. The SMILES string of the molecule is C/C=C(C)/C=C/C(=O)C(C)(C)C. The molecular formula is C11H18O. The van der Waals surface area contributed by atoms with Crippen molar-refractivity contribution in [2.45, 2.75) is 34.6 Å². The van der Waals surface area contributed by atoms with Gasteiger partial charge in [0.15, 0.2) is 5.78 Å². The number of rotatable bonds is 2. The Kier molecular flexibility index (Phi) is 3.94. The van der Waals surface area contributed by atoms with Crippen LogP contribution in [0.1, 0.15) is 34.6 Å². The van der Waals surface area contributed by atoms with Gasteiger partial charge in [-0.2, -0.15) is 0 Å². The minimum Gasteiger partial charge on any atom is -0.294 e. The fraction of sp³-hybridized carbons (Fsp3) is 0.545. The van der Waals surface area contributed by atoms with Crippen molar-refractivity contribution in [3.63, 3.8) is 0 Å².